The molecule has 0 saturated carbocycles. The fourth-order valence-electron chi connectivity index (χ4n) is 2.41. The van der Waals surface area contributed by atoms with E-state index in [1.807, 2.05) is 0 Å². The number of aryl methyl sites for hydroxylation is 1. The van der Waals surface area contributed by atoms with Crippen molar-refractivity contribution in [3.63, 3.8) is 0 Å². The van der Waals surface area contributed by atoms with Gasteiger partial charge in [0.05, 0.1) is 17.2 Å². The van der Waals surface area contributed by atoms with Crippen LogP contribution in [-0.4, -0.2) is 26.7 Å². The summed E-state index contributed by atoms with van der Waals surface area (Å²) in [5, 5.41) is 0. The Morgan fingerprint density at radius 2 is 1.06 bits per heavy atom. The van der Waals surface area contributed by atoms with E-state index >= 15 is 0 Å². The van der Waals surface area contributed by atoms with Gasteiger partial charge in [0.1, 0.15) is 0 Å². The van der Waals surface area contributed by atoms with Crippen molar-refractivity contribution >= 4 is 26.7 Å². The molecule has 0 atom stereocenters. The van der Waals surface area contributed by atoms with E-state index in [4.69, 9.17) is 13.3 Å². The monoisotopic (exact) mass is 488 g/mol. The fourth-order valence-corrected chi connectivity index (χ4v) is 4.91. The zero-order chi connectivity index (χ0) is 24.7. The van der Waals surface area contributed by atoms with E-state index in [0.29, 0.717) is 12.1 Å². The molecule has 6 nitrogen and oxygen atoms in total. The molecule has 0 aliphatic carbocycles. The highest BCUT2D eigenvalue weighted by Gasteiger charge is 2.52. The zero-order valence-corrected chi connectivity index (χ0v) is 18.5. The number of rotatable bonds is 9. The molecule has 13 heteroatoms. The van der Waals surface area contributed by atoms with Gasteiger partial charge in [0.2, 0.25) is 0 Å². The van der Waals surface area contributed by atoms with Crippen molar-refractivity contribution in [2.24, 2.45) is 0 Å². The molecule has 0 amide bonds. The minimum Gasteiger partial charge on any atom is -0.455 e. The van der Waals surface area contributed by atoms with Gasteiger partial charge in [0, 0.05) is 19.3 Å². The predicted octanol–water partition coefficient (Wildman–Crippen LogP) is 5.07. The highest BCUT2D eigenvalue weighted by Crippen LogP contribution is 2.37. The van der Waals surface area contributed by atoms with Gasteiger partial charge in [-0.15, -0.1) is 0 Å². The Balaban J connectivity index is 3.41. The number of halogens is 6. The van der Waals surface area contributed by atoms with E-state index in [1.54, 1.807) is 0 Å². The summed E-state index contributed by atoms with van der Waals surface area (Å²) in [6, 6.07) is 0.382. The molecule has 0 saturated heterocycles. The molecule has 1 aromatic carbocycles. The number of hydrogen-bond donors (Lipinski definition) is 0. The van der Waals surface area contributed by atoms with Crippen LogP contribution < -0.4 is 0 Å². The summed E-state index contributed by atoms with van der Waals surface area (Å²) in [6.07, 6.45) is -11.3. The third-order valence-corrected chi connectivity index (χ3v) is 6.52. The largest absolute Gasteiger partial charge is 0.705 e. The standard InChI is InChI=1S/C19H22F6O6Si/c1-4-15(26)29-32(30-16(27)5-2,31-17(28)6-3)8-7-12-9-13(18(20,21)22)11-14(10-12)19(23,24)25/h9-11H,4-8H2,1-3H3. The molecule has 0 aliphatic rings. The van der Waals surface area contributed by atoms with Gasteiger partial charge < -0.3 is 13.3 Å². The molecule has 1 rings (SSSR count). The van der Waals surface area contributed by atoms with Crippen molar-refractivity contribution in [3.05, 3.63) is 34.9 Å². The van der Waals surface area contributed by atoms with E-state index in [0.717, 1.165) is 0 Å². The van der Waals surface area contributed by atoms with Crippen molar-refractivity contribution < 1.29 is 54.0 Å². The quantitative estimate of drug-likeness (QED) is 0.357. The van der Waals surface area contributed by atoms with E-state index in [9.17, 15) is 40.7 Å². The van der Waals surface area contributed by atoms with Crippen LogP contribution >= 0.6 is 0 Å². The summed E-state index contributed by atoms with van der Waals surface area (Å²) in [5.74, 6) is -2.74. The van der Waals surface area contributed by atoms with Crippen LogP contribution in [0.1, 0.15) is 56.7 Å². The SMILES string of the molecule is CCC(=O)O[Si](CCc1cc(C(F)(F)F)cc(C(F)(F)F)c1)(OC(=O)CC)OC(=O)CC. The molecule has 0 radical (unpaired) electrons. The molecule has 180 valence electrons. The molecule has 0 spiro atoms. The van der Waals surface area contributed by atoms with Crippen molar-refractivity contribution in [1.29, 1.82) is 0 Å². The van der Waals surface area contributed by atoms with Crippen molar-refractivity contribution in [2.45, 2.75) is 64.9 Å². The molecule has 0 bridgehead atoms. The summed E-state index contributed by atoms with van der Waals surface area (Å²) in [5.41, 5.74) is -3.48. The molecule has 0 unspecified atom stereocenters. The van der Waals surface area contributed by atoms with Crippen molar-refractivity contribution in [3.8, 4) is 0 Å². The summed E-state index contributed by atoms with van der Waals surface area (Å²) in [4.78, 5) is 35.6. The molecule has 0 N–H and O–H groups in total. The molecular weight excluding hydrogens is 466 g/mol. The van der Waals surface area contributed by atoms with Gasteiger partial charge in [-0.25, -0.2) is 0 Å². The van der Waals surface area contributed by atoms with Gasteiger partial charge in [0.15, 0.2) is 0 Å². The zero-order valence-electron chi connectivity index (χ0n) is 17.5. The Hall–Kier alpha value is -2.57. The minimum absolute atomic E-state index is 0.0283. The first kappa shape index (κ1) is 27.5. The van der Waals surface area contributed by atoms with Crippen molar-refractivity contribution in [2.75, 3.05) is 0 Å². The van der Waals surface area contributed by atoms with Crippen LogP contribution in [0.25, 0.3) is 0 Å². The van der Waals surface area contributed by atoms with Crippen LogP contribution in [0.2, 0.25) is 6.04 Å². The number of benzene rings is 1. The van der Waals surface area contributed by atoms with Crippen LogP contribution in [0, 0.1) is 0 Å². The van der Waals surface area contributed by atoms with E-state index in [-0.39, 0.29) is 25.3 Å². The lowest BCUT2D eigenvalue weighted by molar-refractivity contribution is -0.150. The summed E-state index contributed by atoms with van der Waals surface area (Å²) in [6.45, 7) is 4.19. The number of carbonyl (C=O) groups excluding carboxylic acids is 3. The topological polar surface area (TPSA) is 78.9 Å². The highest BCUT2D eigenvalue weighted by atomic mass is 28.4. The molecule has 0 heterocycles. The Morgan fingerprint density at radius 3 is 1.34 bits per heavy atom. The first-order valence-corrected chi connectivity index (χ1v) is 11.5. The third-order valence-electron chi connectivity index (χ3n) is 4.04. The minimum atomic E-state index is -5.05. The Kier molecular flexibility index (Phi) is 9.30. The Labute approximate surface area is 181 Å². The maximum atomic E-state index is 13.1. The first-order chi connectivity index (χ1) is 14.7. The number of alkyl halides is 6. The van der Waals surface area contributed by atoms with E-state index in [1.165, 1.54) is 20.8 Å². The lowest BCUT2D eigenvalue weighted by Gasteiger charge is -2.27. The average molecular weight is 488 g/mol. The summed E-state index contributed by atoms with van der Waals surface area (Å²) in [7, 11) is -4.47. The Bertz CT molecular complexity index is 759. The van der Waals surface area contributed by atoms with Gasteiger partial charge in [0.25, 0.3) is 17.9 Å². The van der Waals surface area contributed by atoms with Gasteiger partial charge in [-0.05, 0) is 30.2 Å². The normalized spacial score (nSPS) is 12.3. The van der Waals surface area contributed by atoms with Crippen LogP contribution in [-0.2, 0) is 46.4 Å². The number of carbonyl (C=O) groups is 3. The van der Waals surface area contributed by atoms with Crippen LogP contribution in [0.4, 0.5) is 26.3 Å². The third kappa shape index (κ3) is 8.17. The average Bonchev–Trinajstić information content (AvgIpc) is 2.70. The van der Waals surface area contributed by atoms with E-state index in [2.05, 4.69) is 0 Å². The van der Waals surface area contributed by atoms with Crippen LogP contribution in [0.15, 0.2) is 18.2 Å². The van der Waals surface area contributed by atoms with Gasteiger partial charge >= 0.3 is 21.2 Å². The van der Waals surface area contributed by atoms with Gasteiger partial charge in [-0.1, -0.05) is 20.8 Å². The second-order valence-electron chi connectivity index (χ2n) is 6.58. The van der Waals surface area contributed by atoms with Crippen molar-refractivity contribution in [1.82, 2.24) is 0 Å². The maximum absolute atomic E-state index is 13.1. The van der Waals surface area contributed by atoms with Crippen LogP contribution in [0.5, 0.6) is 0 Å². The lowest BCUT2D eigenvalue weighted by atomic mass is 10.0. The summed E-state index contributed by atoms with van der Waals surface area (Å²) >= 11 is 0. The molecular formula is C19H22F6O6Si. The summed E-state index contributed by atoms with van der Waals surface area (Å²) < 4.78 is 93.9. The van der Waals surface area contributed by atoms with Gasteiger partial charge in [-0.2, -0.15) is 26.3 Å². The molecule has 0 aromatic heterocycles. The first-order valence-electron chi connectivity index (χ1n) is 9.59. The molecule has 0 fully saturated rings. The fraction of sp³-hybridized carbons (Fsp3) is 0.526. The lowest BCUT2D eigenvalue weighted by Crippen LogP contribution is -2.50. The predicted molar refractivity (Wildman–Crippen MR) is 99.9 cm³/mol. The number of hydrogen-bond acceptors (Lipinski definition) is 6. The van der Waals surface area contributed by atoms with Crippen LogP contribution in [0.3, 0.4) is 0 Å². The second kappa shape index (κ2) is 10.8. The van der Waals surface area contributed by atoms with Gasteiger partial charge in [-0.3, -0.25) is 14.4 Å². The highest BCUT2D eigenvalue weighted by molar-refractivity contribution is 6.65. The Morgan fingerprint density at radius 1 is 0.719 bits per heavy atom. The molecule has 32 heavy (non-hydrogen) atoms. The van der Waals surface area contributed by atoms with E-state index < -0.39 is 68.2 Å². The maximum Gasteiger partial charge on any atom is 0.705 e. The molecule has 1 aromatic rings. The second-order valence-corrected chi connectivity index (χ2v) is 9.06. The smallest absolute Gasteiger partial charge is 0.455 e. The molecule has 0 aliphatic heterocycles.